The highest BCUT2D eigenvalue weighted by Crippen LogP contribution is 2.14. The van der Waals surface area contributed by atoms with E-state index in [1.807, 2.05) is 30.3 Å². The molecule has 2 aromatic rings. The van der Waals surface area contributed by atoms with Crippen molar-refractivity contribution in [2.45, 2.75) is 26.8 Å². The highest BCUT2D eigenvalue weighted by atomic mass is 16.5. The Morgan fingerprint density at radius 3 is 2.62 bits per heavy atom. The predicted octanol–water partition coefficient (Wildman–Crippen LogP) is 3.48. The Bertz CT molecular complexity index is 654. The number of hydrogen-bond acceptors (Lipinski definition) is 4. The van der Waals surface area contributed by atoms with Crippen molar-refractivity contribution in [3.05, 3.63) is 53.9 Å². The van der Waals surface area contributed by atoms with Gasteiger partial charge in [-0.25, -0.2) is 0 Å². The fourth-order valence-corrected chi connectivity index (χ4v) is 2.18. The zero-order chi connectivity index (χ0) is 17.4. The van der Waals surface area contributed by atoms with Crippen LogP contribution in [0, 0.1) is 5.92 Å². The van der Waals surface area contributed by atoms with Crippen LogP contribution in [0.2, 0.25) is 0 Å². The summed E-state index contributed by atoms with van der Waals surface area (Å²) in [7, 11) is 1.65. The standard InChI is InChI=1S/C19H25N3O2/c1-14(2)8-9-21-19(23)16-10-17(13-20-12-16)22-11-15-4-6-18(24-3)7-5-15/h4-7,10,12-14,22H,8-9,11H2,1-3H3,(H,21,23). The zero-order valence-corrected chi connectivity index (χ0v) is 14.5. The molecule has 24 heavy (non-hydrogen) atoms. The van der Waals surface area contributed by atoms with Gasteiger partial charge in [0.05, 0.1) is 18.4 Å². The van der Waals surface area contributed by atoms with Gasteiger partial charge in [-0.15, -0.1) is 0 Å². The van der Waals surface area contributed by atoms with E-state index in [0.717, 1.165) is 23.4 Å². The molecule has 0 radical (unpaired) electrons. The molecule has 0 saturated carbocycles. The van der Waals surface area contributed by atoms with Crippen molar-refractivity contribution in [1.82, 2.24) is 10.3 Å². The largest absolute Gasteiger partial charge is 0.497 e. The lowest BCUT2D eigenvalue weighted by Crippen LogP contribution is -2.25. The molecule has 1 aromatic heterocycles. The third kappa shape index (κ3) is 5.57. The van der Waals surface area contributed by atoms with Gasteiger partial charge in [0.1, 0.15) is 5.75 Å². The molecule has 5 heteroatoms. The Balaban J connectivity index is 1.90. The first kappa shape index (κ1) is 17.8. The van der Waals surface area contributed by atoms with Crippen molar-refractivity contribution < 1.29 is 9.53 Å². The molecule has 1 heterocycles. The lowest BCUT2D eigenvalue weighted by molar-refractivity contribution is 0.0951. The molecule has 0 spiro atoms. The van der Waals surface area contributed by atoms with E-state index < -0.39 is 0 Å². The summed E-state index contributed by atoms with van der Waals surface area (Å²) in [6.07, 6.45) is 4.27. The predicted molar refractivity (Wildman–Crippen MR) is 96.3 cm³/mol. The summed E-state index contributed by atoms with van der Waals surface area (Å²) in [5.41, 5.74) is 2.52. The van der Waals surface area contributed by atoms with Crippen molar-refractivity contribution in [2.24, 2.45) is 5.92 Å². The average Bonchev–Trinajstić information content (AvgIpc) is 2.60. The first-order valence-corrected chi connectivity index (χ1v) is 8.18. The van der Waals surface area contributed by atoms with Gasteiger partial charge in [-0.05, 0) is 36.1 Å². The minimum Gasteiger partial charge on any atom is -0.497 e. The number of nitrogens with zero attached hydrogens (tertiary/aromatic N) is 1. The Labute approximate surface area is 143 Å². The van der Waals surface area contributed by atoms with E-state index in [-0.39, 0.29) is 5.91 Å². The molecular weight excluding hydrogens is 302 g/mol. The van der Waals surface area contributed by atoms with E-state index in [0.29, 0.717) is 24.6 Å². The van der Waals surface area contributed by atoms with Crippen molar-refractivity contribution in [1.29, 1.82) is 0 Å². The molecule has 2 rings (SSSR count). The van der Waals surface area contributed by atoms with Gasteiger partial charge in [0.2, 0.25) is 0 Å². The highest BCUT2D eigenvalue weighted by Gasteiger charge is 2.07. The lowest BCUT2D eigenvalue weighted by Gasteiger charge is -2.10. The third-order valence-electron chi connectivity index (χ3n) is 3.66. The van der Waals surface area contributed by atoms with Crippen LogP contribution in [0.15, 0.2) is 42.7 Å². The van der Waals surface area contributed by atoms with E-state index in [2.05, 4.69) is 29.5 Å². The lowest BCUT2D eigenvalue weighted by atomic mass is 10.1. The minimum atomic E-state index is -0.0868. The quantitative estimate of drug-likeness (QED) is 0.779. The first-order valence-electron chi connectivity index (χ1n) is 8.18. The second kappa shape index (κ2) is 8.91. The molecule has 0 aliphatic heterocycles. The van der Waals surface area contributed by atoms with Crippen LogP contribution in [-0.4, -0.2) is 24.5 Å². The fourth-order valence-electron chi connectivity index (χ4n) is 2.18. The molecule has 1 aromatic carbocycles. The van der Waals surface area contributed by atoms with E-state index in [4.69, 9.17) is 4.74 Å². The smallest absolute Gasteiger partial charge is 0.252 e. The summed E-state index contributed by atoms with van der Waals surface area (Å²) >= 11 is 0. The maximum absolute atomic E-state index is 12.1. The Kier molecular flexibility index (Phi) is 6.61. The number of rotatable bonds is 8. The summed E-state index contributed by atoms with van der Waals surface area (Å²) in [5, 5.41) is 6.21. The van der Waals surface area contributed by atoms with Crippen LogP contribution < -0.4 is 15.4 Å². The monoisotopic (exact) mass is 327 g/mol. The van der Waals surface area contributed by atoms with Gasteiger partial charge < -0.3 is 15.4 Å². The first-order chi connectivity index (χ1) is 11.6. The third-order valence-corrected chi connectivity index (χ3v) is 3.66. The Hall–Kier alpha value is -2.56. The molecule has 0 aliphatic rings. The van der Waals surface area contributed by atoms with E-state index in [1.54, 1.807) is 19.5 Å². The maximum atomic E-state index is 12.1. The number of anilines is 1. The van der Waals surface area contributed by atoms with Crippen molar-refractivity contribution in [3.63, 3.8) is 0 Å². The van der Waals surface area contributed by atoms with Gasteiger partial charge >= 0.3 is 0 Å². The molecule has 1 amide bonds. The molecule has 0 aliphatic carbocycles. The molecule has 0 unspecified atom stereocenters. The molecular formula is C19H25N3O2. The highest BCUT2D eigenvalue weighted by molar-refractivity contribution is 5.94. The minimum absolute atomic E-state index is 0.0868. The average molecular weight is 327 g/mol. The topological polar surface area (TPSA) is 63.2 Å². The van der Waals surface area contributed by atoms with Gasteiger partial charge in [-0.2, -0.15) is 0 Å². The second-order valence-electron chi connectivity index (χ2n) is 6.10. The van der Waals surface area contributed by atoms with Gasteiger partial charge in [-0.3, -0.25) is 9.78 Å². The molecule has 0 fully saturated rings. The molecule has 0 atom stereocenters. The van der Waals surface area contributed by atoms with Gasteiger partial charge in [0.15, 0.2) is 0 Å². The van der Waals surface area contributed by atoms with Crippen LogP contribution in [0.4, 0.5) is 5.69 Å². The normalized spacial score (nSPS) is 10.5. The number of carbonyl (C=O) groups is 1. The van der Waals surface area contributed by atoms with Crippen molar-refractivity contribution in [3.8, 4) is 5.75 Å². The number of amides is 1. The number of methoxy groups -OCH3 is 1. The number of carbonyl (C=O) groups excluding carboxylic acids is 1. The number of hydrogen-bond donors (Lipinski definition) is 2. The van der Waals surface area contributed by atoms with Crippen LogP contribution in [-0.2, 0) is 6.54 Å². The summed E-state index contributed by atoms with van der Waals surface area (Å²) in [4.78, 5) is 16.3. The zero-order valence-electron chi connectivity index (χ0n) is 14.5. The van der Waals surface area contributed by atoms with Crippen LogP contribution >= 0.6 is 0 Å². The maximum Gasteiger partial charge on any atom is 0.252 e. The van der Waals surface area contributed by atoms with Gasteiger partial charge in [0.25, 0.3) is 5.91 Å². The molecule has 0 bridgehead atoms. The molecule has 128 valence electrons. The van der Waals surface area contributed by atoms with E-state index in [9.17, 15) is 4.79 Å². The summed E-state index contributed by atoms with van der Waals surface area (Å²) in [5.74, 6) is 1.32. The van der Waals surface area contributed by atoms with Crippen molar-refractivity contribution in [2.75, 3.05) is 19.0 Å². The van der Waals surface area contributed by atoms with Crippen LogP contribution in [0.1, 0.15) is 36.2 Å². The number of nitrogens with one attached hydrogen (secondary N) is 2. The Morgan fingerprint density at radius 1 is 1.21 bits per heavy atom. The molecule has 0 saturated heterocycles. The summed E-state index contributed by atoms with van der Waals surface area (Å²) in [6.45, 7) is 5.61. The number of aromatic nitrogens is 1. The summed E-state index contributed by atoms with van der Waals surface area (Å²) < 4.78 is 5.15. The number of benzene rings is 1. The van der Waals surface area contributed by atoms with Crippen LogP contribution in [0.5, 0.6) is 5.75 Å². The Morgan fingerprint density at radius 2 is 1.96 bits per heavy atom. The SMILES string of the molecule is COc1ccc(CNc2cncc(C(=O)NCCC(C)C)c2)cc1. The second-order valence-corrected chi connectivity index (χ2v) is 6.10. The van der Waals surface area contributed by atoms with Crippen molar-refractivity contribution >= 4 is 11.6 Å². The van der Waals surface area contributed by atoms with Crippen LogP contribution in [0.3, 0.4) is 0 Å². The van der Waals surface area contributed by atoms with Gasteiger partial charge in [0, 0.05) is 25.5 Å². The van der Waals surface area contributed by atoms with E-state index in [1.165, 1.54) is 0 Å². The number of ether oxygens (including phenoxy) is 1. The fraction of sp³-hybridized carbons (Fsp3) is 0.368. The number of pyridine rings is 1. The molecule has 2 N–H and O–H groups in total. The summed E-state index contributed by atoms with van der Waals surface area (Å²) in [6, 6.07) is 9.67. The van der Waals surface area contributed by atoms with E-state index >= 15 is 0 Å². The molecule has 5 nitrogen and oxygen atoms in total. The van der Waals surface area contributed by atoms with Gasteiger partial charge in [-0.1, -0.05) is 26.0 Å². The van der Waals surface area contributed by atoms with Crippen LogP contribution in [0.25, 0.3) is 0 Å².